The maximum atomic E-state index is 4.90. The van der Waals surface area contributed by atoms with E-state index in [-0.39, 0.29) is 5.41 Å². The molecule has 0 bridgehead atoms. The molecular weight excluding hydrogens is 532 g/mol. The van der Waals surface area contributed by atoms with E-state index in [9.17, 15) is 0 Å². The van der Waals surface area contributed by atoms with E-state index in [1.165, 1.54) is 0 Å². The van der Waals surface area contributed by atoms with Crippen molar-refractivity contribution in [2.24, 2.45) is 10.4 Å². The molecule has 0 radical (unpaired) electrons. The average Bonchev–Trinajstić information content (AvgIpc) is 3.19. The van der Waals surface area contributed by atoms with Gasteiger partial charge in [0, 0.05) is 109 Å². The number of aliphatic imine (C=N–C) groups is 1. The number of hydrogen-bond donors (Lipinski definition) is 0. The molecule has 1 fully saturated rings. The first-order valence-corrected chi connectivity index (χ1v) is 15.5. The normalized spacial score (nSPS) is 19.7. The Morgan fingerprint density at radius 2 is 0.953 bits per heavy atom. The Bertz CT molecular complexity index is 1270. The lowest BCUT2D eigenvalue weighted by Crippen LogP contribution is -2.46. The Kier molecular flexibility index (Phi) is 11.3. The van der Waals surface area contributed by atoms with Gasteiger partial charge in [-0.05, 0) is 42.5 Å². The molecule has 5 heterocycles. The molecular formula is C35H46N8. The minimum Gasteiger partial charge on any atom is -0.295 e. The van der Waals surface area contributed by atoms with E-state index in [0.29, 0.717) is 0 Å². The SMILES string of the molecule is CC1(C)C=CC=C(CN2CCN(Cc3ccccn3)CCN(Cc3ccccn3)CCN(Cc3ccccn3)CC2)N=C1. The van der Waals surface area contributed by atoms with E-state index in [1.54, 1.807) is 0 Å². The molecule has 0 aromatic carbocycles. The summed E-state index contributed by atoms with van der Waals surface area (Å²) in [6.45, 7) is 15.5. The topological polar surface area (TPSA) is 64.0 Å². The number of rotatable bonds is 8. The van der Waals surface area contributed by atoms with Gasteiger partial charge < -0.3 is 0 Å². The molecule has 8 heteroatoms. The maximum Gasteiger partial charge on any atom is 0.0543 e. The first-order valence-electron chi connectivity index (χ1n) is 15.5. The number of pyridine rings is 3. The highest BCUT2D eigenvalue weighted by Gasteiger charge is 2.19. The van der Waals surface area contributed by atoms with Crippen molar-refractivity contribution < 1.29 is 0 Å². The standard InChI is InChI=1S/C35H46N8/c1-35(2)14-9-13-34(39-30-35)29-43-24-22-41(27-32-11-4-7-16-37-32)20-18-40(26-31-10-3-6-15-36-31)19-21-42(23-25-43)28-33-12-5-8-17-38-33/h3-17,30H,18-29H2,1-2H3. The van der Waals surface area contributed by atoms with E-state index >= 15 is 0 Å². The monoisotopic (exact) mass is 578 g/mol. The first-order chi connectivity index (χ1) is 21.0. The van der Waals surface area contributed by atoms with Gasteiger partial charge in [-0.3, -0.25) is 39.5 Å². The van der Waals surface area contributed by atoms with Gasteiger partial charge in [0.25, 0.3) is 0 Å². The van der Waals surface area contributed by atoms with Crippen LogP contribution in [0, 0.1) is 5.41 Å². The van der Waals surface area contributed by atoms with Gasteiger partial charge in [0.2, 0.25) is 0 Å². The van der Waals surface area contributed by atoms with E-state index in [4.69, 9.17) is 4.99 Å². The van der Waals surface area contributed by atoms with Gasteiger partial charge in [0.05, 0.1) is 22.8 Å². The zero-order chi connectivity index (χ0) is 29.7. The summed E-state index contributed by atoms with van der Waals surface area (Å²) < 4.78 is 0. The second kappa shape index (κ2) is 15.8. The fraction of sp³-hybridized carbons (Fsp3) is 0.429. The predicted octanol–water partition coefficient (Wildman–Crippen LogP) is 4.54. The van der Waals surface area contributed by atoms with Gasteiger partial charge in [-0.25, -0.2) is 0 Å². The molecule has 3 aromatic rings. The van der Waals surface area contributed by atoms with Crippen LogP contribution in [-0.2, 0) is 19.6 Å². The van der Waals surface area contributed by atoms with Crippen LogP contribution in [0.3, 0.4) is 0 Å². The lowest BCUT2D eigenvalue weighted by molar-refractivity contribution is 0.126. The number of hydrogen-bond acceptors (Lipinski definition) is 8. The van der Waals surface area contributed by atoms with Gasteiger partial charge >= 0.3 is 0 Å². The zero-order valence-electron chi connectivity index (χ0n) is 25.8. The molecule has 0 aliphatic carbocycles. The van der Waals surface area contributed by atoms with Crippen LogP contribution in [0.2, 0.25) is 0 Å². The summed E-state index contributed by atoms with van der Waals surface area (Å²) in [7, 11) is 0. The van der Waals surface area contributed by atoms with Crippen molar-refractivity contribution in [2.75, 3.05) is 58.9 Å². The highest BCUT2D eigenvalue weighted by Crippen LogP contribution is 2.19. The van der Waals surface area contributed by atoms with Crippen molar-refractivity contribution in [3.8, 4) is 0 Å². The molecule has 0 atom stereocenters. The molecule has 0 spiro atoms. The lowest BCUT2D eigenvalue weighted by Gasteiger charge is -2.34. The summed E-state index contributed by atoms with van der Waals surface area (Å²) in [6, 6.07) is 18.6. The molecule has 8 nitrogen and oxygen atoms in total. The van der Waals surface area contributed by atoms with E-state index < -0.39 is 0 Å². The fourth-order valence-electron chi connectivity index (χ4n) is 5.44. The summed E-state index contributed by atoms with van der Waals surface area (Å²) in [4.78, 5) is 29.1. The Morgan fingerprint density at radius 1 is 0.558 bits per heavy atom. The molecule has 43 heavy (non-hydrogen) atoms. The van der Waals surface area contributed by atoms with Gasteiger partial charge in [0.1, 0.15) is 0 Å². The molecule has 0 N–H and O–H groups in total. The molecule has 2 aliphatic rings. The van der Waals surface area contributed by atoms with Gasteiger partial charge in [-0.15, -0.1) is 0 Å². The molecule has 0 amide bonds. The fourth-order valence-corrected chi connectivity index (χ4v) is 5.44. The highest BCUT2D eigenvalue weighted by molar-refractivity contribution is 5.69. The Morgan fingerprint density at radius 3 is 1.33 bits per heavy atom. The lowest BCUT2D eigenvalue weighted by atomic mass is 9.95. The summed E-state index contributed by atoms with van der Waals surface area (Å²) in [5.74, 6) is 0. The second-order valence-electron chi connectivity index (χ2n) is 12.2. The van der Waals surface area contributed by atoms with Crippen LogP contribution < -0.4 is 0 Å². The Balaban J connectivity index is 1.35. The Labute approximate surface area is 257 Å². The van der Waals surface area contributed by atoms with Crippen molar-refractivity contribution >= 4 is 6.21 Å². The van der Waals surface area contributed by atoms with Crippen molar-refractivity contribution in [3.63, 3.8) is 0 Å². The van der Waals surface area contributed by atoms with Crippen molar-refractivity contribution in [3.05, 3.63) is 114 Å². The van der Waals surface area contributed by atoms with Crippen molar-refractivity contribution in [1.29, 1.82) is 0 Å². The number of allylic oxidation sites excluding steroid dienone is 3. The van der Waals surface area contributed by atoms with Crippen molar-refractivity contribution in [2.45, 2.75) is 33.5 Å². The maximum absolute atomic E-state index is 4.90. The summed E-state index contributed by atoms with van der Waals surface area (Å²) in [6.07, 6.45) is 14.3. The third-order valence-electron chi connectivity index (χ3n) is 8.03. The van der Waals surface area contributed by atoms with Crippen LogP contribution in [-0.4, -0.2) is 99.7 Å². The van der Waals surface area contributed by atoms with Gasteiger partial charge in [0.15, 0.2) is 0 Å². The third kappa shape index (κ3) is 10.6. The molecule has 0 saturated carbocycles. The summed E-state index contributed by atoms with van der Waals surface area (Å²) in [5, 5.41) is 0. The van der Waals surface area contributed by atoms with E-state index in [1.807, 2.05) is 36.8 Å². The highest BCUT2D eigenvalue weighted by atomic mass is 15.3. The van der Waals surface area contributed by atoms with Gasteiger partial charge in [-0.1, -0.05) is 44.2 Å². The molecule has 0 unspecified atom stereocenters. The predicted molar refractivity (Wildman–Crippen MR) is 174 cm³/mol. The molecule has 1 saturated heterocycles. The number of aromatic nitrogens is 3. The van der Waals surface area contributed by atoms with Gasteiger partial charge in [-0.2, -0.15) is 0 Å². The second-order valence-corrected chi connectivity index (χ2v) is 12.2. The van der Waals surface area contributed by atoms with E-state index in [0.717, 1.165) is 101 Å². The summed E-state index contributed by atoms with van der Waals surface area (Å²) in [5.41, 5.74) is 4.43. The van der Waals surface area contributed by atoms with Crippen LogP contribution in [0.5, 0.6) is 0 Å². The van der Waals surface area contributed by atoms with Crippen LogP contribution >= 0.6 is 0 Å². The minimum atomic E-state index is -0.0276. The molecule has 3 aromatic heterocycles. The zero-order valence-corrected chi connectivity index (χ0v) is 25.8. The summed E-state index contributed by atoms with van der Waals surface area (Å²) >= 11 is 0. The quantitative estimate of drug-likeness (QED) is 0.389. The smallest absolute Gasteiger partial charge is 0.0543 e. The van der Waals surface area contributed by atoms with Crippen LogP contribution in [0.25, 0.3) is 0 Å². The van der Waals surface area contributed by atoms with Crippen LogP contribution in [0.15, 0.2) is 102 Å². The molecule has 226 valence electrons. The van der Waals surface area contributed by atoms with Crippen LogP contribution in [0.1, 0.15) is 30.9 Å². The van der Waals surface area contributed by atoms with Crippen molar-refractivity contribution in [1.82, 2.24) is 34.6 Å². The van der Waals surface area contributed by atoms with Crippen LogP contribution in [0.4, 0.5) is 0 Å². The number of nitrogens with zero attached hydrogens (tertiary/aromatic N) is 8. The third-order valence-corrected chi connectivity index (χ3v) is 8.03. The van der Waals surface area contributed by atoms with E-state index in [2.05, 4.69) is 109 Å². The Hall–Kier alpha value is -3.56. The molecule has 2 aliphatic heterocycles. The first kappa shape index (κ1) is 30.9. The minimum absolute atomic E-state index is 0.0276. The molecule has 5 rings (SSSR count). The largest absolute Gasteiger partial charge is 0.295 e. The average molecular weight is 579 g/mol.